The third-order valence-electron chi connectivity index (χ3n) is 3.24. The number of aromatic nitrogens is 3. The number of aromatic hydroxyl groups is 1. The quantitative estimate of drug-likeness (QED) is 0.417. The van der Waals surface area contributed by atoms with Crippen molar-refractivity contribution in [3.05, 3.63) is 50.8 Å². The number of hydrazone groups is 1. The van der Waals surface area contributed by atoms with E-state index in [0.29, 0.717) is 12.1 Å². The summed E-state index contributed by atoms with van der Waals surface area (Å²) in [6.45, 7) is 2.48. The van der Waals surface area contributed by atoms with Gasteiger partial charge in [-0.25, -0.2) is 5.43 Å². The van der Waals surface area contributed by atoms with Crippen LogP contribution in [0.4, 0.5) is 0 Å². The van der Waals surface area contributed by atoms with E-state index in [0.717, 1.165) is 19.1 Å². The van der Waals surface area contributed by atoms with Gasteiger partial charge in [0.25, 0.3) is 11.5 Å². The van der Waals surface area contributed by atoms with E-state index in [9.17, 15) is 14.7 Å². The van der Waals surface area contributed by atoms with E-state index in [2.05, 4.69) is 20.5 Å². The number of aromatic amines is 1. The van der Waals surface area contributed by atoms with Crippen LogP contribution in [-0.2, 0) is 6.54 Å². The fourth-order valence-corrected chi connectivity index (χ4v) is 2.21. The van der Waals surface area contributed by atoms with Crippen molar-refractivity contribution in [2.75, 3.05) is 0 Å². The number of nitrogens with one attached hydrogen (secondary N) is 2. The van der Waals surface area contributed by atoms with Crippen molar-refractivity contribution < 1.29 is 9.90 Å². The highest BCUT2D eigenvalue weighted by molar-refractivity contribution is 7.71. The minimum Gasteiger partial charge on any atom is -0.494 e. The van der Waals surface area contributed by atoms with Crippen molar-refractivity contribution in [2.45, 2.75) is 26.3 Å². The number of nitrogens with zero attached hydrogens (tertiary/aromatic N) is 3. The van der Waals surface area contributed by atoms with Gasteiger partial charge in [0.2, 0.25) is 5.88 Å². The fourth-order valence-electron chi connectivity index (χ4n) is 1.94. The Morgan fingerprint density at radius 3 is 2.88 bits per heavy atom. The molecule has 0 spiro atoms. The van der Waals surface area contributed by atoms with Crippen LogP contribution >= 0.6 is 12.2 Å². The number of carbonyl (C=O) groups is 1. The predicted molar refractivity (Wildman–Crippen MR) is 91.8 cm³/mol. The molecule has 0 aliphatic rings. The summed E-state index contributed by atoms with van der Waals surface area (Å²) < 4.78 is 1.57. The van der Waals surface area contributed by atoms with Gasteiger partial charge in [0, 0.05) is 24.5 Å². The molecule has 0 aliphatic carbocycles. The Balaban J connectivity index is 2.21. The Hall–Kier alpha value is -2.81. The van der Waals surface area contributed by atoms with Crippen molar-refractivity contribution in [2.24, 2.45) is 5.10 Å². The highest BCUT2D eigenvalue weighted by Gasteiger charge is 2.11. The van der Waals surface area contributed by atoms with Gasteiger partial charge in [-0.1, -0.05) is 13.3 Å². The zero-order valence-electron chi connectivity index (χ0n) is 13.0. The van der Waals surface area contributed by atoms with Crippen molar-refractivity contribution in [1.82, 2.24) is 20.0 Å². The summed E-state index contributed by atoms with van der Waals surface area (Å²) >= 11 is 5.05. The van der Waals surface area contributed by atoms with E-state index >= 15 is 0 Å². The van der Waals surface area contributed by atoms with E-state index < -0.39 is 11.5 Å². The molecule has 9 heteroatoms. The third kappa shape index (κ3) is 4.13. The molecule has 2 rings (SSSR count). The molecular formula is C15H17N5O3S. The Kier molecular flexibility index (Phi) is 5.96. The largest absolute Gasteiger partial charge is 0.494 e. The molecule has 0 atom stereocenters. The van der Waals surface area contributed by atoms with Gasteiger partial charge in [-0.05, 0) is 30.8 Å². The van der Waals surface area contributed by atoms with Crippen LogP contribution in [0.2, 0.25) is 0 Å². The molecule has 126 valence electrons. The van der Waals surface area contributed by atoms with Crippen molar-refractivity contribution in [3.63, 3.8) is 0 Å². The van der Waals surface area contributed by atoms with Crippen molar-refractivity contribution in [1.29, 1.82) is 0 Å². The summed E-state index contributed by atoms with van der Waals surface area (Å²) in [6.07, 6.45) is 5.75. The molecule has 2 aromatic rings. The van der Waals surface area contributed by atoms with Crippen LogP contribution in [0.3, 0.4) is 0 Å². The maximum Gasteiger partial charge on any atom is 0.271 e. The average Bonchev–Trinajstić information content (AvgIpc) is 2.58. The summed E-state index contributed by atoms with van der Waals surface area (Å²) in [6, 6.07) is 3.06. The number of carbonyl (C=O) groups excluding carboxylic acids is 1. The van der Waals surface area contributed by atoms with Crippen LogP contribution in [0.15, 0.2) is 34.4 Å². The van der Waals surface area contributed by atoms with Crippen molar-refractivity contribution in [3.8, 4) is 5.88 Å². The van der Waals surface area contributed by atoms with E-state index in [-0.39, 0.29) is 16.2 Å². The molecule has 0 aliphatic heterocycles. The first-order valence-corrected chi connectivity index (χ1v) is 7.75. The molecule has 0 radical (unpaired) electrons. The Labute approximate surface area is 142 Å². The van der Waals surface area contributed by atoms with E-state index in [1.54, 1.807) is 0 Å². The SMILES string of the molecule is CCCCn1c(O)c(/C=N/NC(=O)c2ccncc2)c(=O)[nH]c1=S. The van der Waals surface area contributed by atoms with Crippen LogP contribution in [-0.4, -0.2) is 31.8 Å². The summed E-state index contributed by atoms with van der Waals surface area (Å²) in [5, 5.41) is 13.9. The number of H-pyrrole nitrogens is 1. The van der Waals surface area contributed by atoms with Gasteiger partial charge >= 0.3 is 0 Å². The van der Waals surface area contributed by atoms with Crippen molar-refractivity contribution >= 4 is 24.3 Å². The van der Waals surface area contributed by atoms with E-state index in [1.165, 1.54) is 29.1 Å². The van der Waals surface area contributed by atoms with Gasteiger partial charge in [-0.2, -0.15) is 5.10 Å². The second-order valence-corrected chi connectivity index (χ2v) is 5.32. The van der Waals surface area contributed by atoms with Gasteiger partial charge < -0.3 is 5.11 Å². The van der Waals surface area contributed by atoms with Gasteiger partial charge in [0.1, 0.15) is 5.56 Å². The molecule has 0 fully saturated rings. The zero-order chi connectivity index (χ0) is 17.5. The normalized spacial score (nSPS) is 10.9. The smallest absolute Gasteiger partial charge is 0.271 e. The molecule has 2 heterocycles. The van der Waals surface area contributed by atoms with Gasteiger partial charge in [0.05, 0.1) is 6.21 Å². The molecule has 2 aromatic heterocycles. The molecule has 3 N–H and O–H groups in total. The second kappa shape index (κ2) is 8.16. The number of hydrogen-bond acceptors (Lipinski definition) is 6. The van der Waals surface area contributed by atoms with Crippen LogP contribution in [0.1, 0.15) is 35.7 Å². The minimum absolute atomic E-state index is 0.0743. The number of amides is 1. The summed E-state index contributed by atoms with van der Waals surface area (Å²) in [7, 11) is 0. The lowest BCUT2D eigenvalue weighted by Gasteiger charge is -2.10. The van der Waals surface area contributed by atoms with E-state index in [1.807, 2.05) is 6.92 Å². The highest BCUT2D eigenvalue weighted by Crippen LogP contribution is 2.12. The first-order chi connectivity index (χ1) is 11.5. The fraction of sp³-hybridized carbons (Fsp3) is 0.267. The lowest BCUT2D eigenvalue weighted by atomic mass is 10.3. The average molecular weight is 347 g/mol. The molecule has 0 bridgehead atoms. The summed E-state index contributed by atoms with van der Waals surface area (Å²) in [5.74, 6) is -0.734. The van der Waals surface area contributed by atoms with Crippen LogP contribution < -0.4 is 11.0 Å². The molecule has 8 nitrogen and oxygen atoms in total. The molecule has 0 saturated carbocycles. The second-order valence-electron chi connectivity index (χ2n) is 4.94. The summed E-state index contributed by atoms with van der Waals surface area (Å²) in [5.41, 5.74) is 2.01. The first kappa shape index (κ1) is 17.5. The third-order valence-corrected chi connectivity index (χ3v) is 3.57. The Morgan fingerprint density at radius 1 is 1.50 bits per heavy atom. The first-order valence-electron chi connectivity index (χ1n) is 7.34. The Bertz CT molecular complexity index is 858. The van der Waals surface area contributed by atoms with Gasteiger partial charge in [-0.15, -0.1) is 0 Å². The topological polar surface area (TPSA) is 112 Å². The lowest BCUT2D eigenvalue weighted by molar-refractivity contribution is 0.0955. The zero-order valence-corrected chi connectivity index (χ0v) is 13.8. The molecule has 0 aromatic carbocycles. The standard InChI is InChI=1S/C15H17N5O3S/c1-2-3-8-20-14(23)11(13(22)18-15(20)24)9-17-19-12(21)10-4-6-16-7-5-10/h4-7,9,23H,2-3,8H2,1H3,(H,19,21)(H,18,22,24)/b17-9+. The molecule has 0 saturated heterocycles. The van der Waals surface area contributed by atoms with Gasteiger partial charge in [0.15, 0.2) is 4.77 Å². The molecule has 1 amide bonds. The Morgan fingerprint density at radius 2 is 2.21 bits per heavy atom. The number of pyridine rings is 1. The lowest BCUT2D eigenvalue weighted by Crippen LogP contribution is -2.21. The minimum atomic E-state index is -0.577. The molecule has 24 heavy (non-hydrogen) atoms. The van der Waals surface area contributed by atoms with E-state index in [4.69, 9.17) is 12.2 Å². The molecular weight excluding hydrogens is 330 g/mol. The van der Waals surface area contributed by atoms with Crippen LogP contribution in [0, 0.1) is 4.77 Å². The van der Waals surface area contributed by atoms with Gasteiger partial charge in [-0.3, -0.25) is 24.1 Å². The predicted octanol–water partition coefficient (Wildman–Crippen LogP) is 1.57. The maximum atomic E-state index is 11.9. The highest BCUT2D eigenvalue weighted by atomic mass is 32.1. The number of unbranched alkanes of at least 4 members (excludes halogenated alkanes) is 1. The van der Waals surface area contributed by atoms with Crippen LogP contribution in [0.5, 0.6) is 5.88 Å². The maximum absolute atomic E-state index is 11.9. The number of hydrogen-bond donors (Lipinski definition) is 3. The van der Waals surface area contributed by atoms with Crippen LogP contribution in [0.25, 0.3) is 0 Å². The molecule has 0 unspecified atom stereocenters. The summed E-state index contributed by atoms with van der Waals surface area (Å²) in [4.78, 5) is 30.1. The monoisotopic (exact) mass is 347 g/mol. The number of rotatable bonds is 6.